The lowest BCUT2D eigenvalue weighted by Gasteiger charge is -2.31. The molecule has 1 unspecified atom stereocenters. The Bertz CT molecular complexity index is 463. The van der Waals surface area contributed by atoms with Crippen LogP contribution in [0.3, 0.4) is 0 Å². The highest BCUT2D eigenvalue weighted by Gasteiger charge is 2.37. The summed E-state index contributed by atoms with van der Waals surface area (Å²) in [5, 5.41) is 8.95. The number of carbonyl (C=O) groups is 1. The Balaban J connectivity index is 2.05. The molecular formula is C10H12F3N3O2S. The number of alkyl halides is 3. The number of hydrogen-bond acceptors (Lipinski definition) is 5. The van der Waals surface area contributed by atoms with Crippen LogP contribution in [0.15, 0.2) is 0 Å². The second-order valence-corrected chi connectivity index (χ2v) is 5.18. The van der Waals surface area contributed by atoms with E-state index in [4.69, 9.17) is 5.11 Å². The first-order chi connectivity index (χ1) is 8.86. The zero-order valence-corrected chi connectivity index (χ0v) is 10.7. The van der Waals surface area contributed by atoms with Gasteiger partial charge in [0.1, 0.15) is 0 Å². The summed E-state index contributed by atoms with van der Waals surface area (Å²) < 4.78 is 40.5. The fourth-order valence-corrected chi connectivity index (χ4v) is 2.83. The molecule has 0 bridgehead atoms. The predicted octanol–water partition coefficient (Wildman–Crippen LogP) is 2.25. The first kappa shape index (κ1) is 14.0. The summed E-state index contributed by atoms with van der Waals surface area (Å²) in [6.07, 6.45) is -2.99. The van der Waals surface area contributed by atoms with E-state index in [9.17, 15) is 18.0 Å². The highest BCUT2D eigenvalue weighted by molar-refractivity contribution is 7.09. The summed E-state index contributed by atoms with van der Waals surface area (Å²) in [6, 6.07) is 0. The molecule has 1 aromatic rings. The van der Waals surface area contributed by atoms with E-state index < -0.39 is 18.0 Å². The van der Waals surface area contributed by atoms with E-state index in [0.29, 0.717) is 24.6 Å². The third-order valence-electron chi connectivity index (χ3n) is 2.92. The zero-order chi connectivity index (χ0) is 14.0. The topological polar surface area (TPSA) is 66.3 Å². The van der Waals surface area contributed by atoms with Gasteiger partial charge in [0.25, 0.3) is 0 Å². The summed E-state index contributed by atoms with van der Waals surface area (Å²) in [5.74, 6) is -2.07. The van der Waals surface area contributed by atoms with Gasteiger partial charge in [-0.25, -0.2) is 0 Å². The lowest BCUT2D eigenvalue weighted by atomic mass is 9.95. The Hall–Kier alpha value is -1.38. The van der Waals surface area contributed by atoms with E-state index >= 15 is 0 Å². The second kappa shape index (κ2) is 5.32. The Kier molecular flexibility index (Phi) is 3.93. The first-order valence-electron chi connectivity index (χ1n) is 5.74. The van der Waals surface area contributed by atoms with Gasteiger partial charge in [-0.2, -0.15) is 22.5 Å². The van der Waals surface area contributed by atoms with E-state index in [1.165, 1.54) is 0 Å². The van der Waals surface area contributed by atoms with Crippen molar-refractivity contribution in [2.45, 2.75) is 25.4 Å². The highest BCUT2D eigenvalue weighted by atomic mass is 32.1. The zero-order valence-electron chi connectivity index (χ0n) is 9.85. The molecule has 1 aromatic heterocycles. The standard InChI is InChI=1S/C10H12F3N3O2S/c11-10(12,13)8-14-9(19-15-8)16-3-1-2-6(5-16)4-7(17)18/h6H,1-5H2,(H,17,18). The number of rotatable bonds is 3. The van der Waals surface area contributed by atoms with Crippen molar-refractivity contribution in [2.24, 2.45) is 5.92 Å². The number of aliphatic carboxylic acids is 1. The van der Waals surface area contributed by atoms with Gasteiger partial charge in [0, 0.05) is 31.0 Å². The minimum atomic E-state index is -4.54. The van der Waals surface area contributed by atoms with E-state index in [1.807, 2.05) is 0 Å². The molecule has 0 radical (unpaired) electrons. The first-order valence-corrected chi connectivity index (χ1v) is 6.51. The lowest BCUT2D eigenvalue weighted by molar-refractivity contribution is -0.144. The maximum Gasteiger partial charge on any atom is 0.452 e. The van der Waals surface area contributed by atoms with E-state index in [-0.39, 0.29) is 17.5 Å². The molecule has 2 heterocycles. The highest BCUT2D eigenvalue weighted by Crippen LogP contribution is 2.32. The molecular weight excluding hydrogens is 283 g/mol. The van der Waals surface area contributed by atoms with Crippen LogP contribution in [0.25, 0.3) is 0 Å². The van der Waals surface area contributed by atoms with E-state index in [1.54, 1.807) is 4.90 Å². The number of hydrogen-bond donors (Lipinski definition) is 1. The maximum absolute atomic E-state index is 12.4. The monoisotopic (exact) mass is 295 g/mol. The number of carboxylic acid groups (broad SMARTS) is 1. The van der Waals surface area contributed by atoms with Gasteiger partial charge in [-0.3, -0.25) is 4.79 Å². The summed E-state index contributed by atoms with van der Waals surface area (Å²) in [4.78, 5) is 15.8. The quantitative estimate of drug-likeness (QED) is 0.926. The van der Waals surface area contributed by atoms with Crippen molar-refractivity contribution in [2.75, 3.05) is 18.0 Å². The number of nitrogens with zero attached hydrogens (tertiary/aromatic N) is 3. The molecule has 19 heavy (non-hydrogen) atoms. The normalized spacial score (nSPS) is 20.6. The Labute approximate surface area is 111 Å². The van der Waals surface area contributed by atoms with Crippen molar-refractivity contribution < 1.29 is 23.1 Å². The Morgan fingerprint density at radius 3 is 2.84 bits per heavy atom. The molecule has 0 saturated carbocycles. The molecule has 0 aromatic carbocycles. The molecule has 0 aliphatic carbocycles. The third-order valence-corrected chi connectivity index (χ3v) is 3.70. The van der Waals surface area contributed by atoms with Gasteiger partial charge in [0.15, 0.2) is 0 Å². The van der Waals surface area contributed by atoms with Gasteiger partial charge in [-0.05, 0) is 18.8 Å². The van der Waals surface area contributed by atoms with Gasteiger partial charge >= 0.3 is 12.1 Å². The number of anilines is 1. The molecule has 1 aliphatic heterocycles. The minimum absolute atomic E-state index is 0.0292. The molecule has 1 aliphatic rings. The van der Waals surface area contributed by atoms with Crippen molar-refractivity contribution in [3.8, 4) is 0 Å². The summed E-state index contributed by atoms with van der Waals surface area (Å²) in [5.41, 5.74) is 0. The average molecular weight is 295 g/mol. The third kappa shape index (κ3) is 3.55. The van der Waals surface area contributed by atoms with Gasteiger partial charge in [-0.15, -0.1) is 0 Å². The van der Waals surface area contributed by atoms with Gasteiger partial charge in [-0.1, -0.05) is 0 Å². The van der Waals surface area contributed by atoms with Crippen LogP contribution in [0.1, 0.15) is 25.1 Å². The molecule has 2 rings (SSSR count). The number of piperidine rings is 1. The van der Waals surface area contributed by atoms with Crippen molar-refractivity contribution in [1.82, 2.24) is 9.36 Å². The van der Waals surface area contributed by atoms with Crippen LogP contribution in [0.5, 0.6) is 0 Å². The summed E-state index contributed by atoms with van der Waals surface area (Å²) >= 11 is 0.701. The fraction of sp³-hybridized carbons (Fsp3) is 0.700. The minimum Gasteiger partial charge on any atom is -0.481 e. The van der Waals surface area contributed by atoms with Crippen molar-refractivity contribution in [1.29, 1.82) is 0 Å². The molecule has 9 heteroatoms. The maximum atomic E-state index is 12.4. The van der Waals surface area contributed by atoms with Crippen molar-refractivity contribution in [3.05, 3.63) is 5.82 Å². The molecule has 1 atom stereocenters. The second-order valence-electron chi connectivity index (χ2n) is 4.45. The largest absolute Gasteiger partial charge is 0.481 e. The Morgan fingerprint density at radius 1 is 1.53 bits per heavy atom. The van der Waals surface area contributed by atoms with Crippen molar-refractivity contribution >= 4 is 22.6 Å². The predicted molar refractivity (Wildman–Crippen MR) is 62.1 cm³/mol. The van der Waals surface area contributed by atoms with E-state index in [0.717, 1.165) is 12.8 Å². The number of aromatic nitrogens is 2. The smallest absolute Gasteiger partial charge is 0.452 e. The molecule has 1 fully saturated rings. The van der Waals surface area contributed by atoms with Crippen LogP contribution in [0.4, 0.5) is 18.3 Å². The molecule has 5 nitrogen and oxygen atoms in total. The van der Waals surface area contributed by atoms with Crippen LogP contribution >= 0.6 is 11.5 Å². The Morgan fingerprint density at radius 2 is 2.26 bits per heavy atom. The van der Waals surface area contributed by atoms with E-state index in [2.05, 4.69) is 9.36 Å². The van der Waals surface area contributed by atoms with Crippen LogP contribution < -0.4 is 4.90 Å². The molecule has 1 saturated heterocycles. The van der Waals surface area contributed by atoms with Gasteiger partial charge < -0.3 is 10.0 Å². The van der Waals surface area contributed by atoms with Gasteiger partial charge in [0.2, 0.25) is 11.0 Å². The summed E-state index contributed by atoms with van der Waals surface area (Å²) in [6.45, 7) is 1.00. The molecule has 106 valence electrons. The molecule has 1 N–H and O–H groups in total. The SMILES string of the molecule is O=C(O)CC1CCCN(c2nc(C(F)(F)F)ns2)C1. The van der Waals surface area contributed by atoms with Crippen LogP contribution in [-0.4, -0.2) is 33.5 Å². The van der Waals surface area contributed by atoms with Crippen molar-refractivity contribution in [3.63, 3.8) is 0 Å². The van der Waals surface area contributed by atoms with Crippen LogP contribution in [-0.2, 0) is 11.0 Å². The molecule has 0 amide bonds. The van der Waals surface area contributed by atoms with Crippen LogP contribution in [0.2, 0.25) is 0 Å². The van der Waals surface area contributed by atoms with Crippen LogP contribution in [0, 0.1) is 5.92 Å². The number of halogens is 3. The lowest BCUT2D eigenvalue weighted by Crippen LogP contribution is -2.36. The summed E-state index contributed by atoms with van der Waals surface area (Å²) in [7, 11) is 0. The number of carboxylic acids is 1. The average Bonchev–Trinajstić information content (AvgIpc) is 2.77. The van der Waals surface area contributed by atoms with Gasteiger partial charge in [0.05, 0.1) is 0 Å². The molecule has 0 spiro atoms. The fourth-order valence-electron chi connectivity index (χ4n) is 2.11.